The van der Waals surface area contributed by atoms with Gasteiger partial charge >= 0.3 is 0 Å². The van der Waals surface area contributed by atoms with Gasteiger partial charge in [-0.1, -0.05) is 6.07 Å². The second-order valence-electron chi connectivity index (χ2n) is 6.42. The average molecular weight is 306 g/mol. The van der Waals surface area contributed by atoms with Crippen molar-refractivity contribution in [3.63, 3.8) is 0 Å². The first-order valence-corrected chi connectivity index (χ1v) is 8.37. The van der Waals surface area contributed by atoms with Crippen LogP contribution in [0.3, 0.4) is 0 Å². The first-order valence-electron chi connectivity index (χ1n) is 8.37. The average Bonchev–Trinajstić information content (AvgIpc) is 2.55. The van der Waals surface area contributed by atoms with Crippen molar-refractivity contribution in [2.24, 2.45) is 0 Å². The van der Waals surface area contributed by atoms with Gasteiger partial charge in [-0.15, -0.1) is 0 Å². The number of hydrogen-bond donors (Lipinski definition) is 1. The van der Waals surface area contributed by atoms with Crippen LogP contribution in [0.15, 0.2) is 18.2 Å². The van der Waals surface area contributed by atoms with Crippen LogP contribution < -0.4 is 10.2 Å². The zero-order valence-corrected chi connectivity index (χ0v) is 13.5. The van der Waals surface area contributed by atoms with Gasteiger partial charge in [0, 0.05) is 58.9 Å². The van der Waals surface area contributed by atoms with E-state index in [1.165, 1.54) is 0 Å². The molecule has 4 nitrogen and oxygen atoms in total. The molecule has 0 atom stereocenters. The van der Waals surface area contributed by atoms with Crippen LogP contribution in [0.4, 0.5) is 10.1 Å². The molecular weight excluding hydrogens is 279 g/mol. The van der Waals surface area contributed by atoms with Gasteiger partial charge in [0.15, 0.2) is 0 Å². The molecule has 1 aromatic rings. The topological polar surface area (TPSA) is 21.8 Å². The fourth-order valence-electron chi connectivity index (χ4n) is 3.23. The number of halogens is 1. The number of piperazine rings is 2. The Morgan fingerprint density at radius 3 is 2.45 bits per heavy atom. The van der Waals surface area contributed by atoms with E-state index in [4.69, 9.17) is 0 Å². The highest BCUT2D eigenvalue weighted by Crippen LogP contribution is 2.22. The molecule has 0 amide bonds. The van der Waals surface area contributed by atoms with Crippen LogP contribution in [0.2, 0.25) is 0 Å². The van der Waals surface area contributed by atoms with Gasteiger partial charge in [0.2, 0.25) is 0 Å². The highest BCUT2D eigenvalue weighted by atomic mass is 19.1. The number of nitrogens with zero attached hydrogens (tertiary/aromatic N) is 3. The van der Waals surface area contributed by atoms with E-state index < -0.39 is 0 Å². The molecule has 2 saturated heterocycles. The van der Waals surface area contributed by atoms with Crippen molar-refractivity contribution < 1.29 is 4.39 Å². The highest BCUT2D eigenvalue weighted by Gasteiger charge is 2.17. The Morgan fingerprint density at radius 1 is 1.05 bits per heavy atom. The zero-order chi connectivity index (χ0) is 15.4. The normalized spacial score (nSPS) is 21.3. The Labute approximate surface area is 132 Å². The SMILES string of the molecule is CN1CCN(c2ccc(CCN3CCNCC3)cc2F)CC1. The molecule has 3 rings (SSSR count). The fraction of sp³-hybridized carbons (Fsp3) is 0.647. The van der Waals surface area contributed by atoms with Crippen LogP contribution in [0.5, 0.6) is 0 Å². The van der Waals surface area contributed by atoms with Crippen molar-refractivity contribution in [3.05, 3.63) is 29.6 Å². The molecule has 1 aromatic carbocycles. The summed E-state index contributed by atoms with van der Waals surface area (Å²) in [6.07, 6.45) is 0.930. The van der Waals surface area contributed by atoms with Crippen LogP contribution in [-0.4, -0.2) is 75.8 Å². The summed E-state index contributed by atoms with van der Waals surface area (Å²) in [5, 5.41) is 3.36. The molecule has 0 saturated carbocycles. The fourth-order valence-corrected chi connectivity index (χ4v) is 3.23. The van der Waals surface area contributed by atoms with Gasteiger partial charge in [0.1, 0.15) is 5.82 Å². The number of nitrogens with one attached hydrogen (secondary N) is 1. The van der Waals surface area contributed by atoms with Gasteiger partial charge in [-0.05, 0) is 31.2 Å². The molecule has 2 heterocycles. The van der Waals surface area contributed by atoms with E-state index in [1.54, 1.807) is 6.07 Å². The van der Waals surface area contributed by atoms with E-state index in [0.717, 1.165) is 76.6 Å². The number of hydrogen-bond acceptors (Lipinski definition) is 4. The lowest BCUT2D eigenvalue weighted by Gasteiger charge is -2.34. The molecule has 0 aromatic heterocycles. The maximum absolute atomic E-state index is 14.4. The summed E-state index contributed by atoms with van der Waals surface area (Å²) >= 11 is 0. The monoisotopic (exact) mass is 306 g/mol. The second-order valence-corrected chi connectivity index (χ2v) is 6.42. The Hall–Kier alpha value is -1.17. The zero-order valence-electron chi connectivity index (χ0n) is 13.5. The molecule has 1 N–H and O–H groups in total. The molecule has 2 aliphatic heterocycles. The van der Waals surface area contributed by atoms with Crippen molar-refractivity contribution >= 4 is 5.69 Å². The van der Waals surface area contributed by atoms with Crippen LogP contribution in [0.25, 0.3) is 0 Å². The smallest absolute Gasteiger partial charge is 0.146 e. The third-order valence-corrected chi connectivity index (χ3v) is 4.78. The number of likely N-dealkylation sites (N-methyl/N-ethyl adjacent to an activating group) is 1. The summed E-state index contributed by atoms with van der Waals surface area (Å²) in [6.45, 7) is 9.18. The molecule has 122 valence electrons. The van der Waals surface area contributed by atoms with Crippen molar-refractivity contribution in [2.45, 2.75) is 6.42 Å². The van der Waals surface area contributed by atoms with Crippen molar-refractivity contribution in [1.82, 2.24) is 15.1 Å². The number of benzene rings is 1. The van der Waals surface area contributed by atoms with E-state index >= 15 is 0 Å². The lowest BCUT2D eigenvalue weighted by molar-refractivity contribution is 0.244. The van der Waals surface area contributed by atoms with E-state index in [1.807, 2.05) is 6.07 Å². The number of anilines is 1. The predicted octanol–water partition coefficient (Wildman–Crippen LogP) is 1.03. The van der Waals surface area contributed by atoms with E-state index in [0.29, 0.717) is 0 Å². The summed E-state index contributed by atoms with van der Waals surface area (Å²) < 4.78 is 14.4. The quantitative estimate of drug-likeness (QED) is 0.897. The third-order valence-electron chi connectivity index (χ3n) is 4.78. The summed E-state index contributed by atoms with van der Waals surface area (Å²) in [4.78, 5) is 6.90. The minimum atomic E-state index is -0.0673. The predicted molar refractivity (Wildman–Crippen MR) is 89.1 cm³/mol. The molecule has 2 fully saturated rings. The van der Waals surface area contributed by atoms with Crippen LogP contribution in [0.1, 0.15) is 5.56 Å². The van der Waals surface area contributed by atoms with Crippen molar-refractivity contribution in [1.29, 1.82) is 0 Å². The first-order chi connectivity index (χ1) is 10.7. The molecule has 0 unspecified atom stereocenters. The summed E-state index contributed by atoms with van der Waals surface area (Å²) in [6, 6.07) is 5.79. The van der Waals surface area contributed by atoms with Gasteiger partial charge in [-0.3, -0.25) is 0 Å². The Balaban J connectivity index is 1.57. The van der Waals surface area contributed by atoms with E-state index in [-0.39, 0.29) is 5.82 Å². The van der Waals surface area contributed by atoms with Crippen LogP contribution in [0, 0.1) is 5.82 Å². The number of rotatable bonds is 4. The molecule has 2 aliphatic rings. The lowest BCUT2D eigenvalue weighted by Crippen LogP contribution is -2.44. The van der Waals surface area contributed by atoms with Gasteiger partial charge in [-0.2, -0.15) is 0 Å². The third kappa shape index (κ3) is 3.97. The first kappa shape index (κ1) is 15.7. The molecule has 5 heteroatoms. The van der Waals surface area contributed by atoms with Crippen LogP contribution >= 0.6 is 0 Å². The molecule has 0 spiro atoms. The molecule has 22 heavy (non-hydrogen) atoms. The largest absolute Gasteiger partial charge is 0.367 e. The van der Waals surface area contributed by atoms with Crippen molar-refractivity contribution in [3.8, 4) is 0 Å². The van der Waals surface area contributed by atoms with Gasteiger partial charge in [-0.25, -0.2) is 4.39 Å². The maximum atomic E-state index is 14.4. The summed E-state index contributed by atoms with van der Waals surface area (Å²) in [5.74, 6) is -0.0673. The van der Waals surface area contributed by atoms with Crippen LogP contribution in [-0.2, 0) is 6.42 Å². The molecular formula is C17H27FN4. The minimum Gasteiger partial charge on any atom is -0.367 e. The minimum absolute atomic E-state index is 0.0673. The molecule has 0 bridgehead atoms. The highest BCUT2D eigenvalue weighted by molar-refractivity contribution is 5.49. The molecule has 0 radical (unpaired) electrons. The summed E-state index contributed by atoms with van der Waals surface area (Å²) in [5.41, 5.74) is 1.87. The Bertz CT molecular complexity index is 480. The lowest BCUT2D eigenvalue weighted by atomic mass is 10.1. The maximum Gasteiger partial charge on any atom is 0.146 e. The van der Waals surface area contributed by atoms with E-state index in [2.05, 4.69) is 33.1 Å². The van der Waals surface area contributed by atoms with E-state index in [9.17, 15) is 4.39 Å². The standard InChI is InChI=1S/C17H27FN4/c1-20-10-12-22(13-11-20)17-3-2-15(14-16(17)18)4-7-21-8-5-19-6-9-21/h2-3,14,19H,4-13H2,1H3. The second kappa shape index (κ2) is 7.40. The van der Waals surface area contributed by atoms with Gasteiger partial charge < -0.3 is 20.0 Å². The van der Waals surface area contributed by atoms with Crippen molar-refractivity contribution in [2.75, 3.05) is 70.9 Å². The van der Waals surface area contributed by atoms with Gasteiger partial charge in [0.05, 0.1) is 5.69 Å². The Kier molecular flexibility index (Phi) is 5.28. The summed E-state index contributed by atoms with van der Waals surface area (Å²) in [7, 11) is 2.12. The van der Waals surface area contributed by atoms with Gasteiger partial charge in [0.25, 0.3) is 0 Å². The molecule has 0 aliphatic carbocycles. The Morgan fingerprint density at radius 2 is 1.77 bits per heavy atom.